The Morgan fingerprint density at radius 3 is 2.67 bits per heavy atom. The van der Waals surface area contributed by atoms with Gasteiger partial charge in [-0.05, 0) is 18.3 Å². The summed E-state index contributed by atoms with van der Waals surface area (Å²) in [6.07, 6.45) is 2.46. The first-order valence-electron chi connectivity index (χ1n) is 6.54. The lowest BCUT2D eigenvalue weighted by molar-refractivity contribution is 0.157. The molecule has 1 aliphatic carbocycles. The summed E-state index contributed by atoms with van der Waals surface area (Å²) in [7, 11) is 3.66. The van der Waals surface area contributed by atoms with Crippen molar-refractivity contribution >= 4 is 29.9 Å². The maximum Gasteiger partial charge on any atom is 0.193 e. The molecule has 1 saturated heterocycles. The van der Waals surface area contributed by atoms with Gasteiger partial charge in [-0.1, -0.05) is 13.8 Å². The maximum atomic E-state index is 5.23. The molecule has 2 atom stereocenters. The predicted octanol–water partition coefficient (Wildman–Crippen LogP) is 1.95. The van der Waals surface area contributed by atoms with E-state index in [0.717, 1.165) is 25.7 Å². The zero-order valence-electron chi connectivity index (χ0n) is 11.9. The first-order chi connectivity index (χ1) is 8.06. The monoisotopic (exact) mass is 367 g/mol. The molecule has 1 heterocycles. The molecule has 106 valence electrons. The third-order valence-electron chi connectivity index (χ3n) is 4.02. The largest absolute Gasteiger partial charge is 0.384 e. The third kappa shape index (κ3) is 3.73. The van der Waals surface area contributed by atoms with E-state index >= 15 is 0 Å². The SMILES string of the molecule is CN=C(NC1CC1(C)C)N1CCC(COC)C1.I. The topological polar surface area (TPSA) is 36.9 Å². The molecule has 5 heteroatoms. The summed E-state index contributed by atoms with van der Waals surface area (Å²) in [6, 6.07) is 0.600. The van der Waals surface area contributed by atoms with Crippen LogP contribution in [-0.4, -0.2) is 50.8 Å². The standard InChI is InChI=1S/C13H25N3O.HI/c1-13(2)7-11(13)15-12(14-3)16-6-5-10(8-16)9-17-4;/h10-11H,5-9H2,1-4H3,(H,14,15);1H. The van der Waals surface area contributed by atoms with E-state index in [4.69, 9.17) is 4.74 Å². The van der Waals surface area contributed by atoms with Crippen LogP contribution in [0, 0.1) is 11.3 Å². The van der Waals surface area contributed by atoms with E-state index in [9.17, 15) is 0 Å². The molecule has 0 amide bonds. The van der Waals surface area contributed by atoms with Gasteiger partial charge in [-0.25, -0.2) is 0 Å². The van der Waals surface area contributed by atoms with Crippen molar-refractivity contribution in [2.24, 2.45) is 16.3 Å². The fraction of sp³-hybridized carbons (Fsp3) is 0.923. The minimum Gasteiger partial charge on any atom is -0.384 e. The van der Waals surface area contributed by atoms with Gasteiger partial charge >= 0.3 is 0 Å². The molecule has 0 spiro atoms. The van der Waals surface area contributed by atoms with Crippen LogP contribution < -0.4 is 5.32 Å². The van der Waals surface area contributed by atoms with Crippen LogP contribution in [0.1, 0.15) is 26.7 Å². The summed E-state index contributed by atoms with van der Waals surface area (Å²) < 4.78 is 5.23. The van der Waals surface area contributed by atoms with E-state index < -0.39 is 0 Å². The number of hydrogen-bond acceptors (Lipinski definition) is 2. The summed E-state index contributed by atoms with van der Waals surface area (Å²) in [5.74, 6) is 1.73. The summed E-state index contributed by atoms with van der Waals surface area (Å²) in [5, 5.41) is 3.57. The van der Waals surface area contributed by atoms with Crippen molar-refractivity contribution in [3.63, 3.8) is 0 Å². The Morgan fingerprint density at radius 2 is 2.17 bits per heavy atom. The number of aliphatic imine (C=N–C) groups is 1. The van der Waals surface area contributed by atoms with Gasteiger partial charge in [0.15, 0.2) is 5.96 Å². The molecule has 0 aromatic carbocycles. The van der Waals surface area contributed by atoms with Gasteiger partial charge in [0, 0.05) is 39.2 Å². The fourth-order valence-corrected chi connectivity index (χ4v) is 2.56. The Morgan fingerprint density at radius 1 is 1.50 bits per heavy atom. The van der Waals surface area contributed by atoms with Gasteiger partial charge in [-0.15, -0.1) is 24.0 Å². The second kappa shape index (κ2) is 6.41. The van der Waals surface area contributed by atoms with Crippen LogP contribution in [0.2, 0.25) is 0 Å². The van der Waals surface area contributed by atoms with E-state index in [1.165, 1.54) is 12.8 Å². The van der Waals surface area contributed by atoms with Crippen LogP contribution >= 0.6 is 24.0 Å². The molecule has 0 aromatic rings. The lowest BCUT2D eigenvalue weighted by Crippen LogP contribution is -2.42. The molecule has 4 nitrogen and oxygen atoms in total. The summed E-state index contributed by atoms with van der Waals surface area (Å²) in [4.78, 5) is 6.76. The first kappa shape index (κ1) is 16.0. The number of halogens is 1. The maximum absolute atomic E-state index is 5.23. The first-order valence-corrected chi connectivity index (χ1v) is 6.54. The zero-order valence-corrected chi connectivity index (χ0v) is 14.2. The van der Waals surface area contributed by atoms with Crippen molar-refractivity contribution in [3.8, 4) is 0 Å². The third-order valence-corrected chi connectivity index (χ3v) is 4.02. The highest BCUT2D eigenvalue weighted by molar-refractivity contribution is 14.0. The van der Waals surface area contributed by atoms with Crippen LogP contribution in [0.5, 0.6) is 0 Å². The number of likely N-dealkylation sites (tertiary alicyclic amines) is 1. The molecule has 0 radical (unpaired) electrons. The second-order valence-corrected chi connectivity index (χ2v) is 5.99. The van der Waals surface area contributed by atoms with Crippen molar-refractivity contribution in [2.75, 3.05) is 33.9 Å². The highest BCUT2D eigenvalue weighted by atomic mass is 127. The average molecular weight is 367 g/mol. The van der Waals surface area contributed by atoms with Crippen molar-refractivity contribution in [3.05, 3.63) is 0 Å². The second-order valence-electron chi connectivity index (χ2n) is 5.99. The molecular formula is C13H26IN3O. The van der Waals surface area contributed by atoms with Gasteiger partial charge in [0.2, 0.25) is 0 Å². The van der Waals surface area contributed by atoms with Gasteiger partial charge in [-0.3, -0.25) is 4.99 Å². The van der Waals surface area contributed by atoms with Crippen LogP contribution in [0.25, 0.3) is 0 Å². The van der Waals surface area contributed by atoms with Gasteiger partial charge in [0.25, 0.3) is 0 Å². The van der Waals surface area contributed by atoms with Crippen LogP contribution in [0.15, 0.2) is 4.99 Å². The lowest BCUT2D eigenvalue weighted by atomic mass is 10.1. The van der Waals surface area contributed by atoms with Gasteiger partial charge in [0.05, 0.1) is 6.61 Å². The molecule has 2 aliphatic rings. The molecule has 0 bridgehead atoms. The number of methoxy groups -OCH3 is 1. The summed E-state index contributed by atoms with van der Waals surface area (Å²) >= 11 is 0. The van der Waals surface area contributed by atoms with Crippen molar-refractivity contribution in [1.29, 1.82) is 0 Å². The van der Waals surface area contributed by atoms with Crippen molar-refractivity contribution in [2.45, 2.75) is 32.7 Å². The van der Waals surface area contributed by atoms with Crippen molar-refractivity contribution in [1.82, 2.24) is 10.2 Å². The van der Waals surface area contributed by atoms with Gasteiger partial charge in [-0.2, -0.15) is 0 Å². The number of nitrogens with zero attached hydrogens (tertiary/aromatic N) is 2. The van der Waals surface area contributed by atoms with E-state index in [2.05, 4.69) is 29.1 Å². The summed E-state index contributed by atoms with van der Waals surface area (Å²) in [5.41, 5.74) is 0.446. The molecule has 2 rings (SSSR count). The van der Waals surface area contributed by atoms with Crippen LogP contribution in [-0.2, 0) is 4.74 Å². The molecule has 0 aromatic heterocycles. The Bertz CT molecular complexity index is 307. The highest BCUT2D eigenvalue weighted by Crippen LogP contribution is 2.44. The van der Waals surface area contributed by atoms with E-state index in [-0.39, 0.29) is 24.0 Å². The Balaban J connectivity index is 0.00000162. The minimum atomic E-state index is 0. The molecule has 2 unspecified atom stereocenters. The molecular weight excluding hydrogens is 341 g/mol. The number of hydrogen-bond donors (Lipinski definition) is 1. The summed E-state index contributed by atoms with van der Waals surface area (Å²) in [6.45, 7) is 7.63. The zero-order chi connectivity index (χ0) is 12.5. The Hall–Kier alpha value is -0.0400. The van der Waals surface area contributed by atoms with Crippen LogP contribution in [0.3, 0.4) is 0 Å². The Kier molecular flexibility index (Phi) is 5.70. The highest BCUT2D eigenvalue weighted by Gasteiger charge is 2.46. The van der Waals surface area contributed by atoms with Crippen LogP contribution in [0.4, 0.5) is 0 Å². The van der Waals surface area contributed by atoms with Gasteiger partial charge in [0.1, 0.15) is 0 Å². The quantitative estimate of drug-likeness (QED) is 0.471. The number of nitrogens with one attached hydrogen (secondary N) is 1. The van der Waals surface area contributed by atoms with E-state index in [1.54, 1.807) is 7.11 Å². The molecule has 1 N–H and O–H groups in total. The van der Waals surface area contributed by atoms with E-state index in [1.807, 2.05) is 7.05 Å². The smallest absolute Gasteiger partial charge is 0.193 e. The van der Waals surface area contributed by atoms with Crippen molar-refractivity contribution < 1.29 is 4.74 Å². The molecule has 18 heavy (non-hydrogen) atoms. The fourth-order valence-electron chi connectivity index (χ4n) is 2.56. The normalized spacial score (nSPS) is 30.0. The number of ether oxygens (including phenoxy) is 1. The Labute approximate surface area is 128 Å². The van der Waals surface area contributed by atoms with E-state index in [0.29, 0.717) is 17.4 Å². The minimum absolute atomic E-state index is 0. The predicted molar refractivity (Wildman–Crippen MR) is 85.7 cm³/mol. The molecule has 2 fully saturated rings. The van der Waals surface area contributed by atoms with Gasteiger partial charge < -0.3 is 15.0 Å². The lowest BCUT2D eigenvalue weighted by Gasteiger charge is -2.22. The number of rotatable bonds is 3. The molecule has 1 aliphatic heterocycles. The molecule has 1 saturated carbocycles. The average Bonchev–Trinajstić information content (AvgIpc) is 2.70. The number of guanidine groups is 1.